The number of carboxylic acids is 1. The minimum atomic E-state index is -1.73. The normalized spacial score (nSPS) is 25.0. The Hall–Kier alpha value is -1.55. The van der Waals surface area contributed by atoms with E-state index in [0.29, 0.717) is 18.8 Å². The van der Waals surface area contributed by atoms with Crippen molar-refractivity contribution in [2.75, 3.05) is 6.61 Å². The van der Waals surface area contributed by atoms with Gasteiger partial charge in [-0.2, -0.15) is 0 Å². The van der Waals surface area contributed by atoms with Crippen molar-refractivity contribution in [1.29, 1.82) is 0 Å². The summed E-state index contributed by atoms with van der Waals surface area (Å²) in [6.07, 6.45) is 0.862. The SMILES string of the molecule is CCCC(O)(C(=O)O)C1c2ccccc2OCC1C. The number of hydrogen-bond donors (Lipinski definition) is 2. The molecule has 4 nitrogen and oxygen atoms in total. The van der Waals surface area contributed by atoms with Crippen LogP contribution in [0.5, 0.6) is 5.75 Å². The zero-order valence-corrected chi connectivity index (χ0v) is 11.3. The molecule has 1 heterocycles. The van der Waals surface area contributed by atoms with Gasteiger partial charge in [-0.3, -0.25) is 0 Å². The van der Waals surface area contributed by atoms with E-state index in [1.54, 1.807) is 0 Å². The first-order chi connectivity index (χ1) is 9.00. The number of benzene rings is 1. The van der Waals surface area contributed by atoms with Crippen molar-refractivity contribution in [2.24, 2.45) is 5.92 Å². The van der Waals surface area contributed by atoms with Gasteiger partial charge in [0.25, 0.3) is 0 Å². The van der Waals surface area contributed by atoms with Crippen molar-refractivity contribution in [2.45, 2.75) is 38.2 Å². The second-order valence-electron chi connectivity index (χ2n) is 5.28. The van der Waals surface area contributed by atoms with Crippen LogP contribution in [0.3, 0.4) is 0 Å². The van der Waals surface area contributed by atoms with Crippen LogP contribution >= 0.6 is 0 Å². The molecule has 3 unspecified atom stereocenters. The summed E-state index contributed by atoms with van der Waals surface area (Å²) in [4.78, 5) is 11.6. The molecule has 0 bridgehead atoms. The summed E-state index contributed by atoms with van der Waals surface area (Å²) in [5.74, 6) is -0.943. The molecule has 0 fully saturated rings. The van der Waals surface area contributed by atoms with E-state index in [1.807, 2.05) is 38.1 Å². The van der Waals surface area contributed by atoms with Crippen molar-refractivity contribution in [1.82, 2.24) is 0 Å². The highest BCUT2D eigenvalue weighted by molar-refractivity contribution is 5.79. The molecule has 0 amide bonds. The van der Waals surface area contributed by atoms with Gasteiger partial charge in [0.15, 0.2) is 5.60 Å². The van der Waals surface area contributed by atoms with Crippen molar-refractivity contribution in [3.63, 3.8) is 0 Å². The van der Waals surface area contributed by atoms with Crippen molar-refractivity contribution < 1.29 is 19.7 Å². The number of aliphatic hydroxyl groups is 1. The molecular formula is C15H20O4. The maximum atomic E-state index is 11.6. The lowest BCUT2D eigenvalue weighted by atomic mass is 9.71. The first-order valence-corrected chi connectivity index (χ1v) is 6.68. The van der Waals surface area contributed by atoms with Gasteiger partial charge in [0.1, 0.15) is 5.75 Å². The van der Waals surface area contributed by atoms with E-state index < -0.39 is 17.5 Å². The average Bonchev–Trinajstić information content (AvgIpc) is 2.38. The topological polar surface area (TPSA) is 66.8 Å². The van der Waals surface area contributed by atoms with Crippen LogP contribution in [-0.2, 0) is 4.79 Å². The first-order valence-electron chi connectivity index (χ1n) is 6.68. The van der Waals surface area contributed by atoms with Crippen LogP contribution in [0.25, 0.3) is 0 Å². The molecule has 0 aromatic heterocycles. The molecule has 104 valence electrons. The molecule has 1 aromatic carbocycles. The Morgan fingerprint density at radius 3 is 2.79 bits per heavy atom. The fourth-order valence-corrected chi connectivity index (χ4v) is 3.00. The van der Waals surface area contributed by atoms with Gasteiger partial charge in [-0.15, -0.1) is 0 Å². The quantitative estimate of drug-likeness (QED) is 0.876. The van der Waals surface area contributed by atoms with Crippen LogP contribution in [0, 0.1) is 5.92 Å². The molecule has 0 aliphatic carbocycles. The zero-order valence-electron chi connectivity index (χ0n) is 11.3. The van der Waals surface area contributed by atoms with Crippen LogP contribution in [0.2, 0.25) is 0 Å². The second kappa shape index (κ2) is 5.21. The van der Waals surface area contributed by atoms with Gasteiger partial charge < -0.3 is 14.9 Å². The fourth-order valence-electron chi connectivity index (χ4n) is 3.00. The minimum absolute atomic E-state index is 0.0393. The van der Waals surface area contributed by atoms with Gasteiger partial charge in [-0.1, -0.05) is 38.5 Å². The monoisotopic (exact) mass is 264 g/mol. The maximum absolute atomic E-state index is 11.6. The van der Waals surface area contributed by atoms with Crippen molar-refractivity contribution in [3.8, 4) is 5.75 Å². The molecule has 3 atom stereocenters. The highest BCUT2D eigenvalue weighted by Gasteiger charge is 2.49. The zero-order chi connectivity index (χ0) is 14.0. The predicted octanol–water partition coefficient (Wildman–Crippen LogP) is 2.41. The molecule has 19 heavy (non-hydrogen) atoms. The summed E-state index contributed by atoms with van der Waals surface area (Å²) in [6, 6.07) is 7.37. The summed E-state index contributed by atoms with van der Waals surface area (Å²) in [6.45, 7) is 4.23. The number of fused-ring (bicyclic) bond motifs is 1. The number of rotatable bonds is 4. The van der Waals surface area contributed by atoms with Gasteiger partial charge in [-0.25, -0.2) is 4.79 Å². The van der Waals surface area contributed by atoms with E-state index in [2.05, 4.69) is 0 Å². The lowest BCUT2D eigenvalue weighted by Gasteiger charge is -2.40. The number of carbonyl (C=O) groups is 1. The third-order valence-corrected chi connectivity index (χ3v) is 3.84. The van der Waals surface area contributed by atoms with E-state index in [1.165, 1.54) is 0 Å². The maximum Gasteiger partial charge on any atom is 0.336 e. The van der Waals surface area contributed by atoms with Crippen LogP contribution in [0.1, 0.15) is 38.2 Å². The molecule has 1 aromatic rings. The molecule has 2 rings (SSSR count). The summed E-state index contributed by atoms with van der Waals surface area (Å²) in [5, 5.41) is 20.1. The molecule has 1 aliphatic rings. The Labute approximate surface area is 113 Å². The Morgan fingerprint density at radius 2 is 2.16 bits per heavy atom. The number of carboxylic acid groups (broad SMARTS) is 1. The number of aliphatic carboxylic acids is 1. The van der Waals surface area contributed by atoms with Gasteiger partial charge in [0, 0.05) is 17.4 Å². The number of para-hydroxylation sites is 1. The molecule has 1 aliphatic heterocycles. The first kappa shape index (κ1) is 13.9. The molecular weight excluding hydrogens is 244 g/mol. The average molecular weight is 264 g/mol. The van der Waals surface area contributed by atoms with Gasteiger partial charge in [0.2, 0.25) is 0 Å². The molecule has 0 spiro atoms. The second-order valence-corrected chi connectivity index (χ2v) is 5.28. The van der Waals surface area contributed by atoms with Crippen molar-refractivity contribution >= 4 is 5.97 Å². The van der Waals surface area contributed by atoms with E-state index >= 15 is 0 Å². The summed E-state index contributed by atoms with van der Waals surface area (Å²) < 4.78 is 5.61. The van der Waals surface area contributed by atoms with Crippen molar-refractivity contribution in [3.05, 3.63) is 29.8 Å². The number of ether oxygens (including phenoxy) is 1. The third kappa shape index (κ3) is 2.32. The van der Waals surface area contributed by atoms with Crippen LogP contribution in [0.4, 0.5) is 0 Å². The Balaban J connectivity index is 2.49. The summed E-state index contributed by atoms with van der Waals surface area (Å²) >= 11 is 0. The largest absolute Gasteiger partial charge is 0.493 e. The highest BCUT2D eigenvalue weighted by Crippen LogP contribution is 2.45. The van der Waals surface area contributed by atoms with Crippen LogP contribution < -0.4 is 4.74 Å². The van der Waals surface area contributed by atoms with Gasteiger partial charge >= 0.3 is 5.97 Å². The summed E-state index contributed by atoms with van der Waals surface area (Å²) in [5.41, 5.74) is -0.937. The number of hydrogen-bond acceptors (Lipinski definition) is 3. The fraction of sp³-hybridized carbons (Fsp3) is 0.533. The molecule has 0 saturated carbocycles. The predicted molar refractivity (Wildman–Crippen MR) is 71.3 cm³/mol. The van der Waals surface area contributed by atoms with Crippen LogP contribution in [-0.4, -0.2) is 28.4 Å². The van der Waals surface area contributed by atoms with Gasteiger partial charge in [-0.05, 0) is 12.5 Å². The Bertz CT molecular complexity index is 471. The molecule has 2 N–H and O–H groups in total. The molecule has 4 heteroatoms. The smallest absolute Gasteiger partial charge is 0.336 e. The van der Waals surface area contributed by atoms with Crippen LogP contribution in [0.15, 0.2) is 24.3 Å². The van der Waals surface area contributed by atoms with Gasteiger partial charge in [0.05, 0.1) is 6.61 Å². The Morgan fingerprint density at radius 1 is 1.47 bits per heavy atom. The van der Waals surface area contributed by atoms with E-state index in [0.717, 1.165) is 5.56 Å². The molecule has 0 radical (unpaired) electrons. The third-order valence-electron chi connectivity index (χ3n) is 3.84. The van der Waals surface area contributed by atoms with E-state index in [9.17, 15) is 15.0 Å². The lowest BCUT2D eigenvalue weighted by molar-refractivity contribution is -0.165. The highest BCUT2D eigenvalue weighted by atomic mass is 16.5. The minimum Gasteiger partial charge on any atom is -0.493 e. The lowest BCUT2D eigenvalue weighted by Crippen LogP contribution is -2.49. The standard InChI is InChI=1S/C15H20O4/c1-3-8-15(18,14(16)17)13-10(2)9-19-12-7-5-4-6-11(12)13/h4-7,10,13,18H,3,8-9H2,1-2H3,(H,16,17). The van der Waals surface area contributed by atoms with E-state index in [4.69, 9.17) is 4.74 Å². The summed E-state index contributed by atoms with van der Waals surface area (Å²) in [7, 11) is 0. The molecule has 0 saturated heterocycles. The Kier molecular flexibility index (Phi) is 3.80. The van der Waals surface area contributed by atoms with E-state index in [-0.39, 0.29) is 12.3 Å².